The van der Waals surface area contributed by atoms with Crippen molar-refractivity contribution in [2.45, 2.75) is 18.8 Å². The predicted octanol–water partition coefficient (Wildman–Crippen LogP) is 3.37. The molecule has 0 atom stereocenters. The quantitative estimate of drug-likeness (QED) is 0.795. The largest absolute Gasteiger partial charge is 0.495 e. The Bertz CT molecular complexity index is 888. The number of halogens is 1. The first kappa shape index (κ1) is 14.3. The Labute approximate surface area is 138 Å². The lowest BCUT2D eigenvalue weighted by Gasteiger charge is -2.09. The molecule has 0 amide bonds. The predicted molar refractivity (Wildman–Crippen MR) is 89.3 cm³/mol. The van der Waals surface area contributed by atoms with Crippen molar-refractivity contribution in [3.8, 4) is 17.1 Å². The Morgan fingerprint density at radius 1 is 1.35 bits per heavy atom. The van der Waals surface area contributed by atoms with Gasteiger partial charge in [0.25, 0.3) is 0 Å². The Morgan fingerprint density at radius 2 is 2.17 bits per heavy atom. The highest BCUT2D eigenvalue weighted by Crippen LogP contribution is 2.43. The molecule has 3 aromatic rings. The molecule has 6 nitrogen and oxygen atoms in total. The number of pyridine rings is 1. The van der Waals surface area contributed by atoms with Crippen LogP contribution in [0, 0.1) is 0 Å². The van der Waals surface area contributed by atoms with Gasteiger partial charge in [0.05, 0.1) is 24.0 Å². The molecule has 1 N–H and O–H groups in total. The fraction of sp³-hybridized carbons (Fsp3) is 0.312. The standard InChI is InChI=1S/C16H16ClN5O/c1-18-16-10(17)5-6-11(20-16)12-8-19-14-7-13(23-2)15(9-3-4-9)21-22(12)14/h5-9H,3-4H2,1-2H3,(H,18,20). The zero-order valence-electron chi connectivity index (χ0n) is 12.9. The molecule has 0 aromatic carbocycles. The molecule has 1 aliphatic carbocycles. The van der Waals surface area contributed by atoms with E-state index < -0.39 is 0 Å². The van der Waals surface area contributed by atoms with Crippen LogP contribution < -0.4 is 10.1 Å². The van der Waals surface area contributed by atoms with Gasteiger partial charge in [0.15, 0.2) is 5.65 Å². The number of imidazole rings is 1. The van der Waals surface area contributed by atoms with Gasteiger partial charge in [-0.1, -0.05) is 11.6 Å². The molecule has 4 rings (SSSR count). The van der Waals surface area contributed by atoms with Crippen molar-refractivity contribution in [1.29, 1.82) is 0 Å². The average Bonchev–Trinajstić information content (AvgIpc) is 3.34. The number of hydrogen-bond donors (Lipinski definition) is 1. The number of aromatic nitrogens is 4. The normalized spacial score (nSPS) is 14.2. The van der Waals surface area contributed by atoms with Gasteiger partial charge >= 0.3 is 0 Å². The van der Waals surface area contributed by atoms with E-state index in [-0.39, 0.29) is 0 Å². The van der Waals surface area contributed by atoms with Crippen molar-refractivity contribution < 1.29 is 4.74 Å². The zero-order chi connectivity index (χ0) is 16.0. The molecule has 0 bridgehead atoms. The van der Waals surface area contributed by atoms with Crippen molar-refractivity contribution in [2.75, 3.05) is 19.5 Å². The molecule has 0 unspecified atom stereocenters. The fourth-order valence-electron chi connectivity index (χ4n) is 2.65. The molecule has 7 heteroatoms. The van der Waals surface area contributed by atoms with Crippen LogP contribution in [0.2, 0.25) is 5.02 Å². The second-order valence-electron chi connectivity index (χ2n) is 5.56. The molecular weight excluding hydrogens is 314 g/mol. The number of rotatable bonds is 4. The van der Waals surface area contributed by atoms with Gasteiger partial charge in [-0.15, -0.1) is 0 Å². The van der Waals surface area contributed by atoms with Gasteiger partial charge in [-0.05, 0) is 25.0 Å². The van der Waals surface area contributed by atoms with E-state index in [1.54, 1.807) is 20.4 Å². The number of fused-ring (bicyclic) bond motifs is 1. The first-order valence-electron chi connectivity index (χ1n) is 7.48. The highest BCUT2D eigenvalue weighted by atomic mass is 35.5. The molecule has 1 saturated carbocycles. The van der Waals surface area contributed by atoms with Crippen molar-refractivity contribution in [3.05, 3.63) is 35.1 Å². The molecule has 0 aliphatic heterocycles. The molecule has 0 saturated heterocycles. The van der Waals surface area contributed by atoms with Gasteiger partial charge in [-0.3, -0.25) is 0 Å². The summed E-state index contributed by atoms with van der Waals surface area (Å²) < 4.78 is 7.29. The van der Waals surface area contributed by atoms with Gasteiger partial charge in [0.2, 0.25) is 0 Å². The van der Waals surface area contributed by atoms with E-state index in [1.165, 1.54) is 0 Å². The van der Waals surface area contributed by atoms with Gasteiger partial charge in [-0.2, -0.15) is 5.10 Å². The van der Waals surface area contributed by atoms with E-state index in [0.717, 1.165) is 41.3 Å². The summed E-state index contributed by atoms with van der Waals surface area (Å²) in [6.07, 6.45) is 4.08. The smallest absolute Gasteiger partial charge is 0.157 e. The summed E-state index contributed by atoms with van der Waals surface area (Å²) >= 11 is 6.11. The maximum atomic E-state index is 6.11. The van der Waals surface area contributed by atoms with Crippen molar-refractivity contribution in [1.82, 2.24) is 19.6 Å². The number of methoxy groups -OCH3 is 1. The first-order chi connectivity index (χ1) is 11.2. The lowest BCUT2D eigenvalue weighted by atomic mass is 10.2. The van der Waals surface area contributed by atoms with E-state index in [2.05, 4.69) is 15.3 Å². The van der Waals surface area contributed by atoms with Crippen LogP contribution in [-0.4, -0.2) is 33.7 Å². The number of nitrogens with one attached hydrogen (secondary N) is 1. The van der Waals surface area contributed by atoms with Gasteiger partial charge in [0, 0.05) is 19.0 Å². The van der Waals surface area contributed by atoms with Crippen LogP contribution >= 0.6 is 11.6 Å². The molecule has 3 aromatic heterocycles. The van der Waals surface area contributed by atoms with Gasteiger partial charge in [0.1, 0.15) is 23.0 Å². The number of ether oxygens (including phenoxy) is 1. The molecular formula is C16H16ClN5O. The summed E-state index contributed by atoms with van der Waals surface area (Å²) in [6.45, 7) is 0. The Hall–Kier alpha value is -2.34. The van der Waals surface area contributed by atoms with Crippen molar-refractivity contribution in [2.24, 2.45) is 0 Å². The second kappa shape index (κ2) is 5.38. The highest BCUT2D eigenvalue weighted by Gasteiger charge is 2.29. The minimum Gasteiger partial charge on any atom is -0.495 e. The first-order valence-corrected chi connectivity index (χ1v) is 7.86. The van der Waals surface area contributed by atoms with Crippen LogP contribution in [0.3, 0.4) is 0 Å². The summed E-state index contributed by atoms with van der Waals surface area (Å²) in [6, 6.07) is 5.62. The lowest BCUT2D eigenvalue weighted by Crippen LogP contribution is -2.03. The van der Waals surface area contributed by atoms with E-state index in [1.807, 2.05) is 22.7 Å². The number of nitrogens with zero attached hydrogens (tertiary/aromatic N) is 4. The third-order valence-corrected chi connectivity index (χ3v) is 4.32. The van der Waals surface area contributed by atoms with Crippen molar-refractivity contribution in [3.63, 3.8) is 0 Å². The molecule has 118 valence electrons. The van der Waals surface area contributed by atoms with E-state index in [0.29, 0.717) is 16.8 Å². The third-order valence-electron chi connectivity index (χ3n) is 4.01. The number of hydrogen-bond acceptors (Lipinski definition) is 5. The fourth-order valence-corrected chi connectivity index (χ4v) is 2.85. The summed E-state index contributed by atoms with van der Waals surface area (Å²) in [4.78, 5) is 8.97. The molecule has 1 aliphatic rings. The minimum absolute atomic E-state index is 0.482. The summed E-state index contributed by atoms with van der Waals surface area (Å²) in [7, 11) is 3.46. The topological polar surface area (TPSA) is 64.3 Å². The highest BCUT2D eigenvalue weighted by molar-refractivity contribution is 6.32. The average molecular weight is 330 g/mol. The Morgan fingerprint density at radius 3 is 2.87 bits per heavy atom. The van der Waals surface area contributed by atoms with Gasteiger partial charge < -0.3 is 10.1 Å². The van der Waals surface area contributed by atoms with Crippen LogP contribution in [0.25, 0.3) is 17.0 Å². The minimum atomic E-state index is 0.482. The van der Waals surface area contributed by atoms with E-state index in [4.69, 9.17) is 21.4 Å². The van der Waals surface area contributed by atoms with Crippen LogP contribution in [0.15, 0.2) is 24.4 Å². The molecule has 23 heavy (non-hydrogen) atoms. The van der Waals surface area contributed by atoms with Crippen LogP contribution in [0.5, 0.6) is 5.75 Å². The SMILES string of the molecule is CNc1nc(-c2cnc3cc(OC)c(C4CC4)nn23)ccc1Cl. The summed E-state index contributed by atoms with van der Waals surface area (Å²) in [5.74, 6) is 1.92. The second-order valence-corrected chi connectivity index (χ2v) is 5.97. The monoisotopic (exact) mass is 329 g/mol. The van der Waals surface area contributed by atoms with Gasteiger partial charge in [-0.25, -0.2) is 14.5 Å². The number of anilines is 1. The van der Waals surface area contributed by atoms with E-state index in [9.17, 15) is 0 Å². The Balaban J connectivity index is 1.89. The Kier molecular flexibility index (Phi) is 3.34. The maximum Gasteiger partial charge on any atom is 0.157 e. The van der Waals surface area contributed by atoms with Crippen molar-refractivity contribution >= 4 is 23.1 Å². The van der Waals surface area contributed by atoms with Crippen LogP contribution in [0.1, 0.15) is 24.5 Å². The summed E-state index contributed by atoms with van der Waals surface area (Å²) in [5.41, 5.74) is 3.33. The third kappa shape index (κ3) is 2.39. The molecule has 1 fully saturated rings. The molecule has 0 spiro atoms. The zero-order valence-corrected chi connectivity index (χ0v) is 13.6. The van der Waals surface area contributed by atoms with Crippen LogP contribution in [0.4, 0.5) is 5.82 Å². The summed E-state index contributed by atoms with van der Waals surface area (Å²) in [5, 5.41) is 8.33. The van der Waals surface area contributed by atoms with Crippen LogP contribution in [-0.2, 0) is 0 Å². The molecule has 3 heterocycles. The lowest BCUT2D eigenvalue weighted by molar-refractivity contribution is 0.405. The molecule has 0 radical (unpaired) electrons. The maximum absolute atomic E-state index is 6.11. The van der Waals surface area contributed by atoms with E-state index >= 15 is 0 Å².